The first-order valence-corrected chi connectivity index (χ1v) is 6.79. The first-order chi connectivity index (χ1) is 9.06. The van der Waals surface area contributed by atoms with Crippen LogP contribution < -0.4 is 5.32 Å². The van der Waals surface area contributed by atoms with Crippen molar-refractivity contribution in [3.8, 4) is 0 Å². The molecule has 19 heavy (non-hydrogen) atoms. The molecule has 1 fully saturated rings. The number of aryl methyl sites for hydroxylation is 2. The SMILES string of the molecule is CC(=O)N(Cc1cc(C)[nH]c1C)C[C@H]1CNCCO1. The summed E-state index contributed by atoms with van der Waals surface area (Å²) in [6.45, 7) is 9.41. The van der Waals surface area contributed by atoms with Gasteiger partial charge >= 0.3 is 0 Å². The van der Waals surface area contributed by atoms with Gasteiger partial charge in [-0.15, -0.1) is 0 Å². The Morgan fingerprint density at radius 2 is 2.32 bits per heavy atom. The first-order valence-electron chi connectivity index (χ1n) is 6.79. The van der Waals surface area contributed by atoms with Crippen LogP contribution in [0.4, 0.5) is 0 Å². The number of amides is 1. The number of aromatic amines is 1. The number of carbonyl (C=O) groups excluding carboxylic acids is 1. The van der Waals surface area contributed by atoms with Crippen LogP contribution in [0, 0.1) is 13.8 Å². The molecule has 1 saturated heterocycles. The van der Waals surface area contributed by atoms with Crippen LogP contribution in [-0.2, 0) is 16.1 Å². The zero-order valence-electron chi connectivity index (χ0n) is 12.0. The second-order valence-electron chi connectivity index (χ2n) is 5.20. The number of nitrogens with one attached hydrogen (secondary N) is 2. The van der Waals surface area contributed by atoms with E-state index in [4.69, 9.17) is 4.74 Å². The van der Waals surface area contributed by atoms with Crippen LogP contribution in [0.5, 0.6) is 0 Å². The maximum absolute atomic E-state index is 11.8. The topological polar surface area (TPSA) is 57.4 Å². The quantitative estimate of drug-likeness (QED) is 0.853. The molecule has 2 heterocycles. The zero-order valence-corrected chi connectivity index (χ0v) is 12.0. The number of nitrogens with zero attached hydrogens (tertiary/aromatic N) is 1. The van der Waals surface area contributed by atoms with Crippen LogP contribution in [0.1, 0.15) is 23.9 Å². The number of carbonyl (C=O) groups is 1. The monoisotopic (exact) mass is 265 g/mol. The molecule has 1 aromatic heterocycles. The molecule has 2 rings (SSSR count). The van der Waals surface area contributed by atoms with E-state index < -0.39 is 0 Å². The lowest BCUT2D eigenvalue weighted by Gasteiger charge is -2.29. The Bertz CT molecular complexity index is 436. The molecule has 0 unspecified atom stereocenters. The Kier molecular flexibility index (Phi) is 4.61. The van der Waals surface area contributed by atoms with Gasteiger partial charge in [0.2, 0.25) is 5.91 Å². The number of rotatable bonds is 4. The fourth-order valence-corrected chi connectivity index (χ4v) is 2.44. The smallest absolute Gasteiger partial charge is 0.219 e. The van der Waals surface area contributed by atoms with E-state index in [9.17, 15) is 4.79 Å². The van der Waals surface area contributed by atoms with E-state index in [0.29, 0.717) is 13.1 Å². The van der Waals surface area contributed by atoms with Gasteiger partial charge in [0.05, 0.1) is 12.7 Å². The highest BCUT2D eigenvalue weighted by molar-refractivity contribution is 5.73. The average molecular weight is 265 g/mol. The molecule has 5 heteroatoms. The van der Waals surface area contributed by atoms with Gasteiger partial charge in [-0.1, -0.05) is 0 Å². The summed E-state index contributed by atoms with van der Waals surface area (Å²) in [4.78, 5) is 16.9. The first kappa shape index (κ1) is 14.1. The minimum absolute atomic E-state index is 0.0902. The van der Waals surface area contributed by atoms with E-state index in [1.165, 1.54) is 5.56 Å². The highest BCUT2D eigenvalue weighted by Gasteiger charge is 2.20. The van der Waals surface area contributed by atoms with Crippen molar-refractivity contribution in [3.05, 3.63) is 23.0 Å². The van der Waals surface area contributed by atoms with Crippen LogP contribution in [0.15, 0.2) is 6.07 Å². The van der Waals surface area contributed by atoms with E-state index in [1.807, 2.05) is 18.7 Å². The molecule has 1 aromatic rings. The summed E-state index contributed by atoms with van der Waals surface area (Å²) >= 11 is 0. The van der Waals surface area contributed by atoms with E-state index in [1.54, 1.807) is 6.92 Å². The number of morpholine rings is 1. The number of hydrogen-bond donors (Lipinski definition) is 2. The van der Waals surface area contributed by atoms with Gasteiger partial charge in [0, 0.05) is 44.5 Å². The molecule has 1 aliphatic heterocycles. The largest absolute Gasteiger partial charge is 0.374 e. The molecule has 2 N–H and O–H groups in total. The fourth-order valence-electron chi connectivity index (χ4n) is 2.44. The lowest BCUT2D eigenvalue weighted by atomic mass is 10.2. The van der Waals surface area contributed by atoms with Crippen LogP contribution >= 0.6 is 0 Å². The van der Waals surface area contributed by atoms with Crippen LogP contribution in [0.3, 0.4) is 0 Å². The van der Waals surface area contributed by atoms with Gasteiger partial charge in [0.15, 0.2) is 0 Å². The van der Waals surface area contributed by atoms with Crippen molar-refractivity contribution in [2.24, 2.45) is 0 Å². The van der Waals surface area contributed by atoms with Gasteiger partial charge in [-0.3, -0.25) is 4.79 Å². The number of aromatic nitrogens is 1. The summed E-state index contributed by atoms with van der Waals surface area (Å²) < 4.78 is 5.67. The van der Waals surface area contributed by atoms with E-state index >= 15 is 0 Å². The van der Waals surface area contributed by atoms with Crippen molar-refractivity contribution in [2.45, 2.75) is 33.4 Å². The molecule has 0 radical (unpaired) electrons. The molecule has 0 bridgehead atoms. The van der Waals surface area contributed by atoms with Gasteiger partial charge in [0.25, 0.3) is 0 Å². The lowest BCUT2D eigenvalue weighted by molar-refractivity contribution is -0.131. The Balaban J connectivity index is 1.99. The molecule has 106 valence electrons. The lowest BCUT2D eigenvalue weighted by Crippen LogP contribution is -2.46. The number of hydrogen-bond acceptors (Lipinski definition) is 3. The molecule has 0 spiro atoms. The molecule has 0 aliphatic carbocycles. The standard InChI is InChI=1S/C14H23N3O2/c1-10-6-13(11(2)16-10)8-17(12(3)18)9-14-7-15-4-5-19-14/h6,14-16H,4-5,7-9H2,1-3H3/t14-/m1/s1. The summed E-state index contributed by atoms with van der Waals surface area (Å²) in [5.74, 6) is 0.0902. The Morgan fingerprint density at radius 3 is 2.84 bits per heavy atom. The molecule has 5 nitrogen and oxygen atoms in total. The highest BCUT2D eigenvalue weighted by Crippen LogP contribution is 2.13. The van der Waals surface area contributed by atoms with Crippen LogP contribution in [-0.4, -0.2) is 48.1 Å². The molecular weight excluding hydrogens is 242 g/mol. The Morgan fingerprint density at radius 1 is 1.53 bits per heavy atom. The molecular formula is C14H23N3O2. The minimum Gasteiger partial charge on any atom is -0.374 e. The predicted molar refractivity (Wildman–Crippen MR) is 74.0 cm³/mol. The second kappa shape index (κ2) is 6.21. The maximum Gasteiger partial charge on any atom is 0.219 e. The molecule has 0 saturated carbocycles. The predicted octanol–water partition coefficient (Wildman–Crippen LogP) is 0.968. The molecule has 0 aromatic carbocycles. The van der Waals surface area contributed by atoms with Crippen molar-refractivity contribution >= 4 is 5.91 Å². The van der Waals surface area contributed by atoms with Gasteiger partial charge < -0.3 is 19.9 Å². The Labute approximate surface area is 114 Å². The van der Waals surface area contributed by atoms with Crippen molar-refractivity contribution in [3.63, 3.8) is 0 Å². The van der Waals surface area contributed by atoms with Crippen molar-refractivity contribution in [1.29, 1.82) is 0 Å². The maximum atomic E-state index is 11.8. The summed E-state index contributed by atoms with van der Waals surface area (Å²) in [5.41, 5.74) is 3.44. The van der Waals surface area contributed by atoms with E-state index in [0.717, 1.165) is 31.1 Å². The van der Waals surface area contributed by atoms with E-state index in [2.05, 4.69) is 16.4 Å². The van der Waals surface area contributed by atoms with E-state index in [-0.39, 0.29) is 12.0 Å². The third-order valence-electron chi connectivity index (χ3n) is 3.49. The van der Waals surface area contributed by atoms with Crippen LogP contribution in [0.2, 0.25) is 0 Å². The van der Waals surface area contributed by atoms with Crippen LogP contribution in [0.25, 0.3) is 0 Å². The van der Waals surface area contributed by atoms with Crippen molar-refractivity contribution < 1.29 is 9.53 Å². The van der Waals surface area contributed by atoms with Crippen molar-refractivity contribution in [2.75, 3.05) is 26.2 Å². The third-order valence-corrected chi connectivity index (χ3v) is 3.49. The molecule has 1 aliphatic rings. The van der Waals surface area contributed by atoms with Gasteiger partial charge in [-0.2, -0.15) is 0 Å². The summed E-state index contributed by atoms with van der Waals surface area (Å²) in [6.07, 6.45) is 0.0954. The molecule has 1 atom stereocenters. The summed E-state index contributed by atoms with van der Waals surface area (Å²) in [7, 11) is 0. The minimum atomic E-state index is 0.0902. The third kappa shape index (κ3) is 3.81. The summed E-state index contributed by atoms with van der Waals surface area (Å²) in [5, 5.41) is 3.29. The summed E-state index contributed by atoms with van der Waals surface area (Å²) in [6, 6.07) is 2.10. The molecule has 1 amide bonds. The normalized spacial score (nSPS) is 19.4. The Hall–Kier alpha value is -1.33. The fraction of sp³-hybridized carbons (Fsp3) is 0.643. The van der Waals surface area contributed by atoms with Gasteiger partial charge in [0.1, 0.15) is 0 Å². The number of ether oxygens (including phenoxy) is 1. The van der Waals surface area contributed by atoms with Crippen molar-refractivity contribution in [1.82, 2.24) is 15.2 Å². The van der Waals surface area contributed by atoms with Gasteiger partial charge in [-0.05, 0) is 25.5 Å². The number of H-pyrrole nitrogens is 1. The second-order valence-corrected chi connectivity index (χ2v) is 5.20. The average Bonchev–Trinajstić information content (AvgIpc) is 2.68. The zero-order chi connectivity index (χ0) is 13.8. The van der Waals surface area contributed by atoms with Gasteiger partial charge in [-0.25, -0.2) is 0 Å². The highest BCUT2D eigenvalue weighted by atomic mass is 16.5.